The molecule has 0 saturated carbocycles. The average Bonchev–Trinajstić information content (AvgIpc) is 2.89. The number of aromatic nitrogens is 2. The molecule has 0 radical (unpaired) electrons. The summed E-state index contributed by atoms with van der Waals surface area (Å²) in [5.41, 5.74) is 2.00. The molecule has 7 heteroatoms. The summed E-state index contributed by atoms with van der Waals surface area (Å²) >= 11 is 0. The lowest BCUT2D eigenvalue weighted by Crippen LogP contribution is -2.26. The lowest BCUT2D eigenvalue weighted by molar-refractivity contribution is -0.117. The molecule has 22 heavy (non-hydrogen) atoms. The standard InChI is InChI=1S/C15H23N3O3S/c1-9(2)6-11-7-13(19)16-15-14(11)10(3)17-18(15)12-4-5-22(20,21)8-12/h9,11-12H,4-8H2,1-3H3,(H,16,19). The molecule has 3 heterocycles. The number of nitrogens with one attached hydrogen (secondary N) is 1. The maximum Gasteiger partial charge on any atom is 0.226 e. The molecular weight excluding hydrogens is 302 g/mol. The highest BCUT2D eigenvalue weighted by molar-refractivity contribution is 7.91. The van der Waals surface area contributed by atoms with Gasteiger partial charge >= 0.3 is 0 Å². The van der Waals surface area contributed by atoms with E-state index in [0.29, 0.717) is 18.8 Å². The van der Waals surface area contributed by atoms with E-state index in [2.05, 4.69) is 24.3 Å². The number of anilines is 1. The average molecular weight is 325 g/mol. The fraction of sp³-hybridized carbons (Fsp3) is 0.733. The number of carbonyl (C=O) groups excluding carboxylic acids is 1. The van der Waals surface area contributed by atoms with E-state index in [1.165, 1.54) is 0 Å². The Morgan fingerprint density at radius 2 is 2.14 bits per heavy atom. The number of nitrogens with zero attached hydrogens (tertiary/aromatic N) is 2. The second-order valence-corrected chi connectivity index (χ2v) is 9.16. The first-order valence-electron chi connectivity index (χ1n) is 7.86. The summed E-state index contributed by atoms with van der Waals surface area (Å²) in [4.78, 5) is 12.1. The molecule has 1 aromatic heterocycles. The van der Waals surface area contributed by atoms with Gasteiger partial charge in [-0.15, -0.1) is 0 Å². The number of rotatable bonds is 3. The minimum atomic E-state index is -2.98. The summed E-state index contributed by atoms with van der Waals surface area (Å²) in [6.07, 6.45) is 2.00. The molecule has 1 fully saturated rings. The highest BCUT2D eigenvalue weighted by atomic mass is 32.2. The van der Waals surface area contributed by atoms with E-state index in [-0.39, 0.29) is 29.4 Å². The van der Waals surface area contributed by atoms with E-state index < -0.39 is 9.84 Å². The topological polar surface area (TPSA) is 81.1 Å². The van der Waals surface area contributed by atoms with Crippen LogP contribution >= 0.6 is 0 Å². The van der Waals surface area contributed by atoms with Gasteiger partial charge in [-0.2, -0.15) is 5.10 Å². The van der Waals surface area contributed by atoms with Gasteiger partial charge < -0.3 is 5.32 Å². The number of hydrogen-bond acceptors (Lipinski definition) is 4. The molecule has 2 aliphatic rings. The SMILES string of the molecule is Cc1nn(C2CCS(=O)(=O)C2)c2c1C(CC(C)C)CC(=O)N2. The third kappa shape index (κ3) is 2.78. The van der Waals surface area contributed by atoms with Crippen molar-refractivity contribution in [2.75, 3.05) is 16.8 Å². The molecule has 1 amide bonds. The van der Waals surface area contributed by atoms with Gasteiger partial charge in [-0.3, -0.25) is 4.79 Å². The molecule has 0 aliphatic carbocycles. The highest BCUT2D eigenvalue weighted by Crippen LogP contribution is 2.40. The Morgan fingerprint density at radius 1 is 1.41 bits per heavy atom. The summed E-state index contributed by atoms with van der Waals surface area (Å²) in [5.74, 6) is 1.72. The fourth-order valence-electron chi connectivity index (χ4n) is 3.69. The summed E-state index contributed by atoms with van der Waals surface area (Å²) in [7, 11) is -2.98. The summed E-state index contributed by atoms with van der Waals surface area (Å²) in [5, 5.41) is 7.49. The number of carbonyl (C=O) groups is 1. The second kappa shape index (κ2) is 5.37. The lowest BCUT2D eigenvalue weighted by Gasteiger charge is -2.26. The van der Waals surface area contributed by atoms with E-state index in [1.807, 2.05) is 6.92 Å². The quantitative estimate of drug-likeness (QED) is 0.922. The van der Waals surface area contributed by atoms with Crippen molar-refractivity contribution in [1.29, 1.82) is 0 Å². The van der Waals surface area contributed by atoms with Gasteiger partial charge in [0.15, 0.2) is 9.84 Å². The van der Waals surface area contributed by atoms with Gasteiger partial charge in [0.25, 0.3) is 0 Å². The Hall–Kier alpha value is -1.37. The van der Waals surface area contributed by atoms with Crippen LogP contribution in [-0.2, 0) is 14.6 Å². The van der Waals surface area contributed by atoms with Crippen LogP contribution in [0.3, 0.4) is 0 Å². The zero-order valence-electron chi connectivity index (χ0n) is 13.3. The van der Waals surface area contributed by atoms with Crippen molar-refractivity contribution in [3.8, 4) is 0 Å². The third-order valence-corrected chi connectivity index (χ3v) is 6.29. The van der Waals surface area contributed by atoms with Gasteiger partial charge in [0.2, 0.25) is 5.91 Å². The van der Waals surface area contributed by atoms with Crippen LogP contribution in [0.2, 0.25) is 0 Å². The Bertz CT molecular complexity index is 706. The zero-order valence-corrected chi connectivity index (χ0v) is 14.1. The Kier molecular flexibility index (Phi) is 3.79. The van der Waals surface area contributed by atoms with Gasteiger partial charge in [-0.25, -0.2) is 13.1 Å². The Balaban J connectivity index is 2.00. The molecule has 122 valence electrons. The van der Waals surface area contributed by atoms with Crippen LogP contribution in [0.5, 0.6) is 0 Å². The minimum absolute atomic E-state index is 0.000143. The van der Waals surface area contributed by atoms with Crippen molar-refractivity contribution in [3.63, 3.8) is 0 Å². The van der Waals surface area contributed by atoms with Gasteiger partial charge in [0, 0.05) is 12.0 Å². The van der Waals surface area contributed by atoms with Crippen molar-refractivity contribution in [2.24, 2.45) is 5.92 Å². The largest absolute Gasteiger partial charge is 0.311 e. The second-order valence-electron chi connectivity index (χ2n) is 6.93. The molecule has 2 atom stereocenters. The van der Waals surface area contributed by atoms with Crippen LogP contribution in [0.1, 0.15) is 56.3 Å². The summed E-state index contributed by atoms with van der Waals surface area (Å²) in [6.45, 7) is 6.24. The summed E-state index contributed by atoms with van der Waals surface area (Å²) < 4.78 is 25.2. The van der Waals surface area contributed by atoms with Crippen LogP contribution in [-0.4, -0.2) is 35.6 Å². The van der Waals surface area contributed by atoms with Crippen LogP contribution in [0, 0.1) is 12.8 Å². The molecule has 1 aromatic rings. The van der Waals surface area contributed by atoms with E-state index >= 15 is 0 Å². The first kappa shape index (κ1) is 15.5. The zero-order chi connectivity index (χ0) is 16.1. The van der Waals surface area contributed by atoms with Crippen LogP contribution < -0.4 is 5.32 Å². The predicted octanol–water partition coefficient (Wildman–Crippen LogP) is 2.02. The lowest BCUT2D eigenvalue weighted by atomic mass is 9.85. The molecule has 2 aliphatic heterocycles. The molecular formula is C15H23N3O3S. The molecule has 0 spiro atoms. The van der Waals surface area contributed by atoms with Crippen LogP contribution in [0.15, 0.2) is 0 Å². The molecule has 6 nitrogen and oxygen atoms in total. The van der Waals surface area contributed by atoms with Crippen molar-refractivity contribution >= 4 is 21.6 Å². The molecule has 3 rings (SSSR count). The number of sulfone groups is 1. The van der Waals surface area contributed by atoms with Gasteiger partial charge in [-0.1, -0.05) is 13.8 Å². The molecule has 0 bridgehead atoms. The monoisotopic (exact) mass is 325 g/mol. The van der Waals surface area contributed by atoms with Gasteiger partial charge in [0.1, 0.15) is 5.82 Å². The van der Waals surface area contributed by atoms with E-state index in [9.17, 15) is 13.2 Å². The fourth-order valence-corrected chi connectivity index (χ4v) is 5.38. The number of fused-ring (bicyclic) bond motifs is 1. The van der Waals surface area contributed by atoms with Crippen molar-refractivity contribution < 1.29 is 13.2 Å². The van der Waals surface area contributed by atoms with Crippen molar-refractivity contribution in [1.82, 2.24) is 9.78 Å². The highest BCUT2D eigenvalue weighted by Gasteiger charge is 2.36. The minimum Gasteiger partial charge on any atom is -0.311 e. The molecule has 1 N–H and O–H groups in total. The van der Waals surface area contributed by atoms with E-state index in [4.69, 9.17) is 0 Å². The van der Waals surface area contributed by atoms with Crippen molar-refractivity contribution in [2.45, 2.75) is 52.0 Å². The predicted molar refractivity (Wildman–Crippen MR) is 84.7 cm³/mol. The third-order valence-electron chi connectivity index (χ3n) is 4.54. The molecule has 2 unspecified atom stereocenters. The van der Waals surface area contributed by atoms with Crippen LogP contribution in [0.4, 0.5) is 5.82 Å². The smallest absolute Gasteiger partial charge is 0.226 e. The maximum atomic E-state index is 12.1. The number of amides is 1. The van der Waals surface area contributed by atoms with Crippen molar-refractivity contribution in [3.05, 3.63) is 11.3 Å². The normalized spacial score (nSPS) is 27.0. The Labute approximate surface area is 131 Å². The van der Waals surface area contributed by atoms with E-state index in [0.717, 1.165) is 23.5 Å². The first-order chi connectivity index (χ1) is 10.3. The van der Waals surface area contributed by atoms with Gasteiger partial charge in [0.05, 0.1) is 23.2 Å². The van der Waals surface area contributed by atoms with E-state index in [1.54, 1.807) is 4.68 Å². The number of hydrogen-bond donors (Lipinski definition) is 1. The Morgan fingerprint density at radius 3 is 2.73 bits per heavy atom. The maximum absolute atomic E-state index is 12.1. The van der Waals surface area contributed by atoms with Gasteiger partial charge in [-0.05, 0) is 31.6 Å². The molecule has 0 aromatic carbocycles. The number of aryl methyl sites for hydroxylation is 1. The van der Waals surface area contributed by atoms with Crippen LogP contribution in [0.25, 0.3) is 0 Å². The first-order valence-corrected chi connectivity index (χ1v) is 9.68. The molecule has 1 saturated heterocycles. The summed E-state index contributed by atoms with van der Waals surface area (Å²) in [6, 6.07) is -0.162.